The summed E-state index contributed by atoms with van der Waals surface area (Å²) < 4.78 is 10.4. The number of ether oxygens (including phenoxy) is 2. The molecule has 0 aliphatic carbocycles. The van der Waals surface area contributed by atoms with Gasteiger partial charge >= 0.3 is 0 Å². The number of hydrogen-bond donors (Lipinski definition) is 1. The minimum atomic E-state index is -0.118. The Bertz CT molecular complexity index is 519. The van der Waals surface area contributed by atoms with Gasteiger partial charge in [0.2, 0.25) is 0 Å². The maximum Gasteiger partial charge on any atom is 0.255 e. The molecule has 1 amide bonds. The van der Waals surface area contributed by atoms with Gasteiger partial charge in [-0.3, -0.25) is 4.79 Å². The van der Waals surface area contributed by atoms with Crippen LogP contribution in [0.2, 0.25) is 0 Å². The minimum Gasteiger partial charge on any atom is -0.497 e. The highest BCUT2D eigenvalue weighted by Crippen LogP contribution is 2.23. The quantitative estimate of drug-likeness (QED) is 0.785. The minimum absolute atomic E-state index is 0.118. The lowest BCUT2D eigenvalue weighted by atomic mass is 10.0. The van der Waals surface area contributed by atoms with Crippen molar-refractivity contribution in [3.05, 3.63) is 23.8 Å². The van der Waals surface area contributed by atoms with Gasteiger partial charge in [-0.25, -0.2) is 0 Å². The molecular weight excluding hydrogens is 292 g/mol. The largest absolute Gasteiger partial charge is 0.497 e. The third-order valence-electron chi connectivity index (χ3n) is 4.50. The number of hydrogen-bond acceptors (Lipinski definition) is 4. The van der Waals surface area contributed by atoms with Crippen LogP contribution in [0.4, 0.5) is 0 Å². The van der Waals surface area contributed by atoms with Crippen molar-refractivity contribution in [3.63, 3.8) is 0 Å². The summed E-state index contributed by atoms with van der Waals surface area (Å²) in [6.45, 7) is 5.18. The first-order valence-electron chi connectivity index (χ1n) is 8.40. The summed E-state index contributed by atoms with van der Waals surface area (Å²) in [7, 11) is 3.15. The Labute approximate surface area is 139 Å². The number of likely N-dealkylation sites (tertiary alicyclic amines) is 1. The first-order chi connectivity index (χ1) is 11.2. The van der Waals surface area contributed by atoms with Gasteiger partial charge in [0.1, 0.15) is 11.5 Å². The van der Waals surface area contributed by atoms with E-state index in [9.17, 15) is 4.79 Å². The van der Waals surface area contributed by atoms with Gasteiger partial charge in [-0.15, -0.1) is 0 Å². The Morgan fingerprint density at radius 1 is 1.30 bits per heavy atom. The van der Waals surface area contributed by atoms with E-state index in [0.29, 0.717) is 29.6 Å². The average molecular weight is 320 g/mol. The molecule has 0 saturated carbocycles. The molecule has 128 valence electrons. The Hall–Kier alpha value is -1.75. The summed E-state index contributed by atoms with van der Waals surface area (Å²) in [5.41, 5.74) is 0.512. The van der Waals surface area contributed by atoms with Crippen LogP contribution in [0.1, 0.15) is 43.0 Å². The molecule has 1 aromatic carbocycles. The van der Waals surface area contributed by atoms with Crippen molar-refractivity contribution < 1.29 is 14.3 Å². The van der Waals surface area contributed by atoms with E-state index in [2.05, 4.69) is 17.1 Å². The SMILES string of the molecule is COc1ccc(OC)c(C(=O)NCCCN2CCCC[C@H]2C)c1. The lowest BCUT2D eigenvalue weighted by Gasteiger charge is -2.33. The Morgan fingerprint density at radius 3 is 2.83 bits per heavy atom. The van der Waals surface area contributed by atoms with E-state index in [1.54, 1.807) is 32.4 Å². The van der Waals surface area contributed by atoms with Crippen LogP contribution in [-0.2, 0) is 0 Å². The molecule has 0 bridgehead atoms. The highest BCUT2D eigenvalue weighted by molar-refractivity contribution is 5.97. The zero-order valence-electron chi connectivity index (χ0n) is 14.4. The summed E-state index contributed by atoms with van der Waals surface area (Å²) in [5, 5.41) is 2.98. The van der Waals surface area contributed by atoms with Crippen LogP contribution in [-0.4, -0.2) is 50.7 Å². The Morgan fingerprint density at radius 2 is 2.13 bits per heavy atom. The standard InChI is InChI=1S/C18H28N2O3/c1-14-7-4-5-11-20(14)12-6-10-19-18(21)16-13-15(22-2)8-9-17(16)23-3/h8-9,13-14H,4-7,10-12H2,1-3H3,(H,19,21)/t14-/m1/s1. The van der Waals surface area contributed by atoms with Gasteiger partial charge in [0, 0.05) is 19.1 Å². The Balaban J connectivity index is 1.82. The van der Waals surface area contributed by atoms with Gasteiger partial charge in [-0.05, 0) is 50.9 Å². The number of benzene rings is 1. The van der Waals surface area contributed by atoms with Gasteiger partial charge in [0.25, 0.3) is 5.91 Å². The van der Waals surface area contributed by atoms with Crippen LogP contribution in [0, 0.1) is 0 Å². The summed E-state index contributed by atoms with van der Waals surface area (Å²) in [5.74, 6) is 1.10. The van der Waals surface area contributed by atoms with Gasteiger partial charge in [-0.1, -0.05) is 6.42 Å². The summed E-state index contributed by atoms with van der Waals surface area (Å²) in [4.78, 5) is 14.9. The molecule has 5 heteroatoms. The summed E-state index contributed by atoms with van der Waals surface area (Å²) >= 11 is 0. The van der Waals surface area contributed by atoms with Crippen molar-refractivity contribution in [2.24, 2.45) is 0 Å². The molecule has 1 aliphatic heterocycles. The maximum atomic E-state index is 12.3. The van der Waals surface area contributed by atoms with Crippen LogP contribution in [0.25, 0.3) is 0 Å². The number of nitrogens with zero attached hydrogens (tertiary/aromatic N) is 1. The first kappa shape index (κ1) is 17.6. The van der Waals surface area contributed by atoms with E-state index in [-0.39, 0.29) is 5.91 Å². The summed E-state index contributed by atoms with van der Waals surface area (Å²) in [6, 6.07) is 5.91. The highest BCUT2D eigenvalue weighted by atomic mass is 16.5. The molecule has 1 heterocycles. The topological polar surface area (TPSA) is 50.8 Å². The molecule has 1 aliphatic rings. The number of carbonyl (C=O) groups is 1. The number of rotatable bonds is 7. The molecular formula is C18H28N2O3. The van der Waals surface area contributed by atoms with E-state index < -0.39 is 0 Å². The van der Waals surface area contributed by atoms with Gasteiger partial charge in [0.05, 0.1) is 19.8 Å². The van der Waals surface area contributed by atoms with Gasteiger partial charge in [0.15, 0.2) is 0 Å². The van der Waals surface area contributed by atoms with E-state index in [0.717, 1.165) is 13.0 Å². The smallest absolute Gasteiger partial charge is 0.255 e. The van der Waals surface area contributed by atoms with Crippen LogP contribution in [0.5, 0.6) is 11.5 Å². The van der Waals surface area contributed by atoms with E-state index in [4.69, 9.17) is 9.47 Å². The molecule has 1 saturated heterocycles. The Kier molecular flexibility index (Phi) is 6.71. The van der Waals surface area contributed by atoms with Crippen LogP contribution < -0.4 is 14.8 Å². The fourth-order valence-corrected chi connectivity index (χ4v) is 3.06. The van der Waals surface area contributed by atoms with Crippen molar-refractivity contribution >= 4 is 5.91 Å². The number of methoxy groups -OCH3 is 2. The number of nitrogens with one attached hydrogen (secondary N) is 1. The molecule has 0 radical (unpaired) electrons. The van der Waals surface area contributed by atoms with Crippen LogP contribution >= 0.6 is 0 Å². The molecule has 1 N–H and O–H groups in total. The average Bonchev–Trinajstić information content (AvgIpc) is 2.59. The molecule has 1 atom stereocenters. The van der Waals surface area contributed by atoms with Gasteiger partial charge in [-0.2, -0.15) is 0 Å². The lowest BCUT2D eigenvalue weighted by Crippen LogP contribution is -2.39. The van der Waals surface area contributed by atoms with Crippen molar-refractivity contribution in [2.45, 2.75) is 38.6 Å². The normalized spacial score (nSPS) is 18.5. The molecule has 2 rings (SSSR count). The second-order valence-electron chi connectivity index (χ2n) is 6.06. The number of carbonyl (C=O) groups excluding carboxylic acids is 1. The van der Waals surface area contributed by atoms with Crippen molar-refractivity contribution in [1.82, 2.24) is 10.2 Å². The van der Waals surface area contributed by atoms with E-state index in [1.165, 1.54) is 25.8 Å². The van der Waals surface area contributed by atoms with E-state index in [1.807, 2.05) is 0 Å². The first-order valence-corrected chi connectivity index (χ1v) is 8.40. The zero-order valence-corrected chi connectivity index (χ0v) is 14.4. The highest BCUT2D eigenvalue weighted by Gasteiger charge is 2.18. The summed E-state index contributed by atoms with van der Waals surface area (Å²) in [6.07, 6.45) is 4.87. The van der Waals surface area contributed by atoms with Crippen LogP contribution in [0.15, 0.2) is 18.2 Å². The molecule has 0 spiro atoms. The van der Waals surface area contributed by atoms with Crippen molar-refractivity contribution in [2.75, 3.05) is 33.9 Å². The van der Waals surface area contributed by atoms with E-state index >= 15 is 0 Å². The molecule has 0 aromatic heterocycles. The molecule has 0 unspecified atom stereocenters. The van der Waals surface area contributed by atoms with Gasteiger partial charge < -0.3 is 19.7 Å². The lowest BCUT2D eigenvalue weighted by molar-refractivity contribution is 0.0945. The number of piperidine rings is 1. The third kappa shape index (κ3) is 4.86. The zero-order chi connectivity index (χ0) is 16.7. The molecule has 23 heavy (non-hydrogen) atoms. The predicted molar refractivity (Wildman–Crippen MR) is 91.4 cm³/mol. The predicted octanol–water partition coefficient (Wildman–Crippen LogP) is 2.70. The molecule has 1 aromatic rings. The molecule has 5 nitrogen and oxygen atoms in total. The second-order valence-corrected chi connectivity index (χ2v) is 6.06. The van der Waals surface area contributed by atoms with Crippen molar-refractivity contribution in [3.8, 4) is 11.5 Å². The second kappa shape index (κ2) is 8.77. The maximum absolute atomic E-state index is 12.3. The molecule has 1 fully saturated rings. The van der Waals surface area contributed by atoms with Crippen molar-refractivity contribution in [1.29, 1.82) is 0 Å². The van der Waals surface area contributed by atoms with Crippen LogP contribution in [0.3, 0.4) is 0 Å². The third-order valence-corrected chi connectivity index (χ3v) is 4.50. The monoisotopic (exact) mass is 320 g/mol. The fourth-order valence-electron chi connectivity index (χ4n) is 3.06. The fraction of sp³-hybridized carbons (Fsp3) is 0.611. The number of amides is 1.